The fraction of sp³-hybridized carbons (Fsp3) is 0.100. The van der Waals surface area contributed by atoms with Crippen LogP contribution in [0, 0.1) is 5.21 Å². The van der Waals surface area contributed by atoms with Crippen molar-refractivity contribution in [3.8, 4) is 16.9 Å². The van der Waals surface area contributed by atoms with Crippen LogP contribution in [0.4, 0.5) is 0 Å². The van der Waals surface area contributed by atoms with Gasteiger partial charge in [-0.1, -0.05) is 24.3 Å². The zero-order valence-corrected chi connectivity index (χ0v) is 14.5. The van der Waals surface area contributed by atoms with Crippen molar-refractivity contribution in [2.45, 2.75) is 13.5 Å². The first-order chi connectivity index (χ1) is 13.0. The van der Waals surface area contributed by atoms with Gasteiger partial charge in [-0.25, -0.2) is 9.52 Å². The maximum Gasteiger partial charge on any atom is 0.339 e. The van der Waals surface area contributed by atoms with Crippen molar-refractivity contribution in [2.24, 2.45) is 0 Å². The van der Waals surface area contributed by atoms with E-state index in [0.29, 0.717) is 16.0 Å². The number of hydrogen-bond donors (Lipinski definition) is 0. The van der Waals surface area contributed by atoms with Crippen molar-refractivity contribution < 1.29 is 23.8 Å². The van der Waals surface area contributed by atoms with E-state index >= 15 is 0 Å². The van der Waals surface area contributed by atoms with Gasteiger partial charge < -0.3 is 14.7 Å². The molecule has 0 aliphatic heterocycles. The summed E-state index contributed by atoms with van der Waals surface area (Å²) in [4.78, 5) is 26.9. The van der Waals surface area contributed by atoms with E-state index < -0.39 is 5.97 Å². The summed E-state index contributed by atoms with van der Waals surface area (Å²) in [5.41, 5.74) is 2.17. The normalized spacial score (nSPS) is 10.3. The van der Waals surface area contributed by atoms with Crippen LogP contribution in [0.1, 0.15) is 23.1 Å². The highest BCUT2D eigenvalue weighted by molar-refractivity contribution is 5.90. The fourth-order valence-electron chi connectivity index (χ4n) is 2.38. The highest BCUT2D eigenvalue weighted by atomic mass is 16.5. The predicted molar refractivity (Wildman–Crippen MR) is 95.5 cm³/mol. The molecule has 2 aromatic carbocycles. The number of nitrogens with zero attached hydrogens (tertiary/aromatic N) is 2. The van der Waals surface area contributed by atoms with Crippen molar-refractivity contribution in [1.82, 2.24) is 4.98 Å². The van der Waals surface area contributed by atoms with E-state index in [-0.39, 0.29) is 18.4 Å². The lowest BCUT2D eigenvalue weighted by Gasteiger charge is -2.07. The molecule has 7 nitrogen and oxygen atoms in total. The van der Waals surface area contributed by atoms with Gasteiger partial charge in [0.15, 0.2) is 6.61 Å². The van der Waals surface area contributed by atoms with Crippen LogP contribution in [0.25, 0.3) is 11.1 Å². The summed E-state index contributed by atoms with van der Waals surface area (Å²) in [6, 6.07) is 15.4. The Hall–Kier alpha value is -3.74. The average molecular weight is 364 g/mol. The molecule has 1 heterocycles. The second-order valence-electron chi connectivity index (χ2n) is 5.63. The van der Waals surface area contributed by atoms with Gasteiger partial charge in [-0.3, -0.25) is 4.79 Å². The molecular formula is C20H16N2O5. The number of esters is 2. The fourth-order valence-corrected chi connectivity index (χ4v) is 2.38. The lowest BCUT2D eigenvalue weighted by atomic mass is 10.0. The molecule has 0 amide bonds. The first-order valence-electron chi connectivity index (χ1n) is 8.12. The van der Waals surface area contributed by atoms with E-state index in [9.17, 15) is 14.8 Å². The Morgan fingerprint density at radius 2 is 1.67 bits per heavy atom. The summed E-state index contributed by atoms with van der Waals surface area (Å²) < 4.78 is 10.7. The molecule has 0 bridgehead atoms. The van der Waals surface area contributed by atoms with Gasteiger partial charge in [0.1, 0.15) is 11.9 Å². The van der Waals surface area contributed by atoms with Gasteiger partial charge in [-0.05, 0) is 40.4 Å². The van der Waals surface area contributed by atoms with Crippen LogP contribution in [-0.4, -0.2) is 16.9 Å². The van der Waals surface area contributed by atoms with E-state index in [1.54, 1.807) is 36.4 Å². The quantitative estimate of drug-likeness (QED) is 0.299. The van der Waals surface area contributed by atoms with E-state index in [2.05, 4.69) is 4.98 Å². The van der Waals surface area contributed by atoms with Gasteiger partial charge >= 0.3 is 17.8 Å². The Kier molecular flexibility index (Phi) is 5.41. The molecule has 0 atom stereocenters. The third-order valence-electron chi connectivity index (χ3n) is 3.69. The largest absolute Gasteiger partial charge is 0.711 e. The maximum atomic E-state index is 12.1. The second kappa shape index (κ2) is 8.09. The van der Waals surface area contributed by atoms with Gasteiger partial charge in [0.25, 0.3) is 0 Å². The third kappa shape index (κ3) is 4.66. The molecule has 0 aliphatic rings. The molecule has 0 unspecified atom stereocenters. The number of rotatable bonds is 5. The first-order valence-corrected chi connectivity index (χ1v) is 8.12. The van der Waals surface area contributed by atoms with Gasteiger partial charge in [0.2, 0.25) is 0 Å². The number of aromatic nitrogens is 2. The highest BCUT2D eigenvalue weighted by Crippen LogP contribution is 2.23. The Morgan fingerprint density at radius 1 is 1.04 bits per heavy atom. The molecule has 136 valence electrons. The average Bonchev–Trinajstić information content (AvgIpc) is 2.67. The van der Waals surface area contributed by atoms with Crippen LogP contribution in [0.3, 0.4) is 0 Å². The van der Waals surface area contributed by atoms with Gasteiger partial charge in [0, 0.05) is 13.0 Å². The number of carbonyl (C=O) groups is 2. The molecule has 0 N–H and O–H groups in total. The third-order valence-corrected chi connectivity index (χ3v) is 3.69. The standard InChI is InChI=1S/C20H16N2O5/c1-14(23)27-18-9-7-16(8-10-18)15-3-5-17(6-4-15)20(24)26-13-19-21-11-2-12-22(19)25/h2-12H,13H2,1H3. The number of benzene rings is 2. The Morgan fingerprint density at radius 3 is 2.26 bits per heavy atom. The lowest BCUT2D eigenvalue weighted by Crippen LogP contribution is -2.33. The predicted octanol–water partition coefficient (Wildman–Crippen LogP) is 2.66. The summed E-state index contributed by atoms with van der Waals surface area (Å²) in [6.45, 7) is 1.14. The van der Waals surface area contributed by atoms with Crippen LogP contribution in [0.5, 0.6) is 5.75 Å². The summed E-state index contributed by atoms with van der Waals surface area (Å²) >= 11 is 0. The topological polar surface area (TPSA) is 92.4 Å². The number of ether oxygens (including phenoxy) is 2. The molecule has 0 saturated heterocycles. The Labute approximate surface area is 155 Å². The van der Waals surface area contributed by atoms with Crippen molar-refractivity contribution >= 4 is 11.9 Å². The minimum absolute atomic E-state index is 0.107. The van der Waals surface area contributed by atoms with Crippen molar-refractivity contribution in [3.63, 3.8) is 0 Å². The molecule has 0 aliphatic carbocycles. The molecule has 0 saturated carbocycles. The molecule has 0 radical (unpaired) electrons. The minimum atomic E-state index is -0.544. The summed E-state index contributed by atoms with van der Waals surface area (Å²) in [6.07, 6.45) is 2.75. The van der Waals surface area contributed by atoms with E-state index in [1.165, 1.54) is 25.4 Å². The molecule has 0 spiro atoms. The zero-order valence-electron chi connectivity index (χ0n) is 14.5. The monoisotopic (exact) mass is 364 g/mol. The van der Waals surface area contributed by atoms with Crippen molar-refractivity contribution in [1.29, 1.82) is 0 Å². The zero-order chi connectivity index (χ0) is 19.2. The first kappa shape index (κ1) is 18.1. The Bertz CT molecular complexity index is 953. The van der Waals surface area contributed by atoms with Crippen LogP contribution in [-0.2, 0) is 16.1 Å². The van der Waals surface area contributed by atoms with Crippen LogP contribution in [0.15, 0.2) is 67.0 Å². The minimum Gasteiger partial charge on any atom is -0.711 e. The number of carbonyl (C=O) groups excluding carboxylic acids is 2. The van der Waals surface area contributed by atoms with Crippen LogP contribution in [0.2, 0.25) is 0 Å². The molecule has 3 aromatic rings. The molecule has 27 heavy (non-hydrogen) atoms. The van der Waals surface area contributed by atoms with E-state index in [4.69, 9.17) is 9.47 Å². The van der Waals surface area contributed by atoms with E-state index in [0.717, 1.165) is 11.1 Å². The molecule has 3 rings (SSSR count). The molecule has 0 fully saturated rings. The van der Waals surface area contributed by atoms with E-state index in [1.807, 2.05) is 12.1 Å². The highest BCUT2D eigenvalue weighted by Gasteiger charge is 2.12. The van der Waals surface area contributed by atoms with Gasteiger partial charge in [0.05, 0.1) is 11.8 Å². The van der Waals surface area contributed by atoms with Gasteiger partial charge in [-0.15, -0.1) is 0 Å². The van der Waals surface area contributed by atoms with Gasteiger partial charge in [-0.2, -0.15) is 0 Å². The number of hydrogen-bond acceptors (Lipinski definition) is 6. The smallest absolute Gasteiger partial charge is 0.339 e. The molecular weight excluding hydrogens is 348 g/mol. The molecule has 1 aromatic heterocycles. The second-order valence-corrected chi connectivity index (χ2v) is 5.63. The van der Waals surface area contributed by atoms with Crippen LogP contribution < -0.4 is 9.47 Å². The summed E-state index contributed by atoms with van der Waals surface area (Å²) in [5, 5.41) is 11.5. The van der Waals surface area contributed by atoms with Crippen molar-refractivity contribution in [2.75, 3.05) is 0 Å². The van der Waals surface area contributed by atoms with Crippen LogP contribution >= 0.6 is 0 Å². The lowest BCUT2D eigenvalue weighted by molar-refractivity contribution is -0.620. The maximum absolute atomic E-state index is 12.1. The Balaban J connectivity index is 1.65. The SMILES string of the molecule is CC(=O)Oc1ccc(-c2ccc(C(=O)OCc3nccc[n+]3[O-])cc2)cc1. The summed E-state index contributed by atoms with van der Waals surface area (Å²) in [7, 11) is 0. The summed E-state index contributed by atoms with van der Waals surface area (Å²) in [5.74, 6) is -0.344. The molecule has 7 heteroatoms. The van der Waals surface area contributed by atoms with Crippen molar-refractivity contribution in [3.05, 3.63) is 83.6 Å².